The fraction of sp³-hybridized carbons (Fsp3) is 0.833. The second kappa shape index (κ2) is 3.23. The molecule has 0 saturated heterocycles. The summed E-state index contributed by atoms with van der Waals surface area (Å²) in [4.78, 5) is 10.6. The molecule has 8 heavy (non-hydrogen) atoms. The Bertz CT molecular complexity index is 88.5. The lowest BCUT2D eigenvalue weighted by Crippen LogP contribution is -2.15. The molecule has 1 nitrogen and oxygen atoms in total. The van der Waals surface area contributed by atoms with E-state index in [0.29, 0.717) is 5.92 Å². The molecule has 0 fully saturated rings. The first-order chi connectivity index (χ1) is 3.55. The van der Waals surface area contributed by atoms with Crippen LogP contribution >= 0.6 is 15.9 Å². The zero-order chi connectivity index (χ0) is 6.73. The van der Waals surface area contributed by atoms with Crippen LogP contribution in [-0.2, 0) is 4.79 Å². The van der Waals surface area contributed by atoms with Crippen LogP contribution in [0.3, 0.4) is 0 Å². The normalized spacial score (nSPS) is 14.1. The molecule has 0 spiro atoms. The molecule has 0 aromatic rings. The van der Waals surface area contributed by atoms with Crippen molar-refractivity contribution < 1.29 is 4.79 Å². The van der Waals surface area contributed by atoms with Crippen molar-refractivity contribution in [2.24, 2.45) is 5.92 Å². The second-order valence-corrected chi connectivity index (χ2v) is 3.24. The van der Waals surface area contributed by atoms with Crippen molar-refractivity contribution in [2.45, 2.75) is 25.6 Å². The van der Waals surface area contributed by atoms with E-state index in [9.17, 15) is 4.79 Å². The topological polar surface area (TPSA) is 17.1 Å². The van der Waals surface area contributed by atoms with Gasteiger partial charge in [0.1, 0.15) is 5.78 Å². The number of hydrogen-bond donors (Lipinski definition) is 0. The van der Waals surface area contributed by atoms with Crippen LogP contribution in [0.25, 0.3) is 0 Å². The Labute approximate surface area is 58.6 Å². The SMILES string of the molecule is CC(=O)C(Br)C(C)C. The minimum Gasteiger partial charge on any atom is -0.299 e. The van der Waals surface area contributed by atoms with Gasteiger partial charge in [-0.1, -0.05) is 29.8 Å². The Morgan fingerprint density at radius 3 is 1.88 bits per heavy atom. The summed E-state index contributed by atoms with van der Waals surface area (Å²) in [5.41, 5.74) is 0. The van der Waals surface area contributed by atoms with Crippen molar-refractivity contribution in [3.63, 3.8) is 0 Å². The van der Waals surface area contributed by atoms with Crippen LogP contribution in [0.15, 0.2) is 0 Å². The minimum absolute atomic E-state index is 0.0440. The summed E-state index contributed by atoms with van der Waals surface area (Å²) in [5, 5.41) is 0. The van der Waals surface area contributed by atoms with Crippen LogP contribution in [0.5, 0.6) is 0 Å². The van der Waals surface area contributed by atoms with Gasteiger partial charge in [0, 0.05) is 0 Å². The third-order valence-corrected chi connectivity index (χ3v) is 2.68. The number of halogens is 1. The maximum atomic E-state index is 10.5. The van der Waals surface area contributed by atoms with Crippen molar-refractivity contribution in [1.29, 1.82) is 0 Å². The van der Waals surface area contributed by atoms with E-state index >= 15 is 0 Å². The predicted octanol–water partition coefficient (Wildman–Crippen LogP) is 1.99. The van der Waals surface area contributed by atoms with Gasteiger partial charge in [0.25, 0.3) is 0 Å². The molecular weight excluding hydrogens is 168 g/mol. The van der Waals surface area contributed by atoms with Gasteiger partial charge in [0.15, 0.2) is 0 Å². The average Bonchev–Trinajstić information content (AvgIpc) is 1.64. The summed E-state index contributed by atoms with van der Waals surface area (Å²) in [7, 11) is 0. The Hall–Kier alpha value is 0.150. The Morgan fingerprint density at radius 2 is 1.88 bits per heavy atom. The standard InChI is InChI=1S/C6H11BrO/c1-4(2)6(7)5(3)8/h4,6H,1-3H3. The third kappa shape index (κ3) is 2.46. The fourth-order valence-electron chi connectivity index (χ4n) is 0.469. The Kier molecular flexibility index (Phi) is 3.29. The minimum atomic E-state index is 0.0440. The van der Waals surface area contributed by atoms with Gasteiger partial charge in [-0.15, -0.1) is 0 Å². The number of carbonyl (C=O) groups excluding carboxylic acids is 1. The molecule has 0 radical (unpaired) electrons. The highest BCUT2D eigenvalue weighted by Crippen LogP contribution is 2.11. The molecule has 0 aliphatic carbocycles. The number of hydrogen-bond acceptors (Lipinski definition) is 1. The summed E-state index contributed by atoms with van der Waals surface area (Å²) in [6, 6.07) is 0. The lowest BCUT2D eigenvalue weighted by Gasteiger charge is -2.07. The summed E-state index contributed by atoms with van der Waals surface area (Å²) < 4.78 is 0. The zero-order valence-corrected chi connectivity index (χ0v) is 7.03. The van der Waals surface area contributed by atoms with Crippen molar-refractivity contribution in [2.75, 3.05) is 0 Å². The van der Waals surface area contributed by atoms with Crippen LogP contribution in [-0.4, -0.2) is 10.6 Å². The van der Waals surface area contributed by atoms with Crippen LogP contribution in [0.2, 0.25) is 0 Å². The highest BCUT2D eigenvalue weighted by molar-refractivity contribution is 9.10. The predicted molar refractivity (Wildman–Crippen MR) is 38.2 cm³/mol. The summed E-state index contributed by atoms with van der Waals surface area (Å²) in [5.74, 6) is 0.618. The number of carbonyl (C=O) groups is 1. The van der Waals surface area contributed by atoms with E-state index in [1.54, 1.807) is 6.92 Å². The lowest BCUT2D eigenvalue weighted by atomic mass is 10.1. The number of rotatable bonds is 2. The lowest BCUT2D eigenvalue weighted by molar-refractivity contribution is -0.116. The molecule has 1 atom stereocenters. The van der Waals surface area contributed by atoms with E-state index < -0.39 is 0 Å². The first-order valence-electron chi connectivity index (χ1n) is 2.70. The smallest absolute Gasteiger partial charge is 0.143 e. The van der Waals surface area contributed by atoms with Crippen LogP contribution in [0, 0.1) is 5.92 Å². The molecule has 0 amide bonds. The Balaban J connectivity index is 3.64. The van der Waals surface area contributed by atoms with Gasteiger partial charge < -0.3 is 0 Å². The molecule has 1 unspecified atom stereocenters. The van der Waals surface area contributed by atoms with Crippen molar-refractivity contribution >= 4 is 21.7 Å². The highest BCUT2D eigenvalue weighted by Gasteiger charge is 2.12. The number of Topliss-reactive ketones (excluding diaryl/α,β-unsaturated/α-hetero) is 1. The first-order valence-corrected chi connectivity index (χ1v) is 3.61. The summed E-state index contributed by atoms with van der Waals surface area (Å²) >= 11 is 3.26. The van der Waals surface area contributed by atoms with Gasteiger partial charge in [-0.3, -0.25) is 4.79 Å². The number of alkyl halides is 1. The quantitative estimate of drug-likeness (QED) is 0.592. The fourth-order valence-corrected chi connectivity index (χ4v) is 0.469. The maximum Gasteiger partial charge on any atom is 0.143 e. The second-order valence-electron chi connectivity index (χ2n) is 2.26. The highest BCUT2D eigenvalue weighted by atomic mass is 79.9. The van der Waals surface area contributed by atoms with Crippen molar-refractivity contribution in [1.82, 2.24) is 0 Å². The third-order valence-electron chi connectivity index (χ3n) is 0.974. The molecule has 0 aromatic carbocycles. The molecule has 0 aliphatic heterocycles. The molecule has 0 heterocycles. The largest absolute Gasteiger partial charge is 0.299 e. The van der Waals surface area contributed by atoms with E-state index in [2.05, 4.69) is 15.9 Å². The monoisotopic (exact) mass is 178 g/mol. The van der Waals surface area contributed by atoms with E-state index in [4.69, 9.17) is 0 Å². The Morgan fingerprint density at radius 1 is 1.50 bits per heavy atom. The molecule has 48 valence electrons. The van der Waals surface area contributed by atoms with Gasteiger partial charge in [-0.05, 0) is 12.8 Å². The maximum absolute atomic E-state index is 10.5. The summed E-state index contributed by atoms with van der Waals surface area (Å²) in [6.45, 7) is 5.63. The van der Waals surface area contributed by atoms with E-state index in [1.165, 1.54) is 0 Å². The molecule has 0 saturated carbocycles. The van der Waals surface area contributed by atoms with Crippen LogP contribution in [0.1, 0.15) is 20.8 Å². The van der Waals surface area contributed by atoms with Gasteiger partial charge >= 0.3 is 0 Å². The van der Waals surface area contributed by atoms with Gasteiger partial charge in [-0.2, -0.15) is 0 Å². The molecule has 0 bridgehead atoms. The van der Waals surface area contributed by atoms with Crippen molar-refractivity contribution in [3.8, 4) is 0 Å². The zero-order valence-electron chi connectivity index (χ0n) is 5.44. The van der Waals surface area contributed by atoms with E-state index in [-0.39, 0.29) is 10.6 Å². The van der Waals surface area contributed by atoms with Crippen molar-refractivity contribution in [3.05, 3.63) is 0 Å². The molecular formula is C6H11BrO. The molecule has 0 rings (SSSR count). The molecule has 0 aliphatic rings. The van der Waals surface area contributed by atoms with Gasteiger partial charge in [-0.25, -0.2) is 0 Å². The van der Waals surface area contributed by atoms with E-state index in [0.717, 1.165) is 0 Å². The van der Waals surface area contributed by atoms with E-state index in [1.807, 2.05) is 13.8 Å². The molecule has 2 heteroatoms. The van der Waals surface area contributed by atoms with Gasteiger partial charge in [0.2, 0.25) is 0 Å². The molecule has 0 aromatic heterocycles. The van der Waals surface area contributed by atoms with Crippen LogP contribution in [0.4, 0.5) is 0 Å². The molecule has 0 N–H and O–H groups in total. The number of ketones is 1. The van der Waals surface area contributed by atoms with Crippen LogP contribution < -0.4 is 0 Å². The first kappa shape index (κ1) is 8.15. The summed E-state index contributed by atoms with van der Waals surface area (Å²) in [6.07, 6.45) is 0. The van der Waals surface area contributed by atoms with Gasteiger partial charge in [0.05, 0.1) is 4.83 Å². The average molecular weight is 179 g/mol.